The first kappa shape index (κ1) is 11.8. The molecule has 0 spiro atoms. The molecule has 3 heteroatoms. The van der Waals surface area contributed by atoms with Crippen LogP contribution in [0.4, 0.5) is 5.69 Å². The van der Waals surface area contributed by atoms with Gasteiger partial charge in [0.2, 0.25) is 0 Å². The topological polar surface area (TPSA) is 35.2 Å². The SMILES string of the molecule is COc1ccc(-c2cc(C)c(N)cc2Cl)cc1. The van der Waals surface area contributed by atoms with Crippen LogP contribution in [0.2, 0.25) is 5.02 Å². The molecule has 2 rings (SSSR count). The van der Waals surface area contributed by atoms with Gasteiger partial charge in [0.1, 0.15) is 5.75 Å². The van der Waals surface area contributed by atoms with E-state index in [4.69, 9.17) is 22.1 Å². The number of ether oxygens (including phenoxy) is 1. The lowest BCUT2D eigenvalue weighted by atomic mass is 10.0. The van der Waals surface area contributed by atoms with E-state index in [0.717, 1.165) is 22.4 Å². The summed E-state index contributed by atoms with van der Waals surface area (Å²) in [5.74, 6) is 0.831. The van der Waals surface area contributed by atoms with E-state index in [0.29, 0.717) is 10.7 Å². The van der Waals surface area contributed by atoms with Crippen molar-refractivity contribution in [2.24, 2.45) is 0 Å². The second-order valence-corrected chi connectivity index (χ2v) is 4.32. The molecular weight excluding hydrogens is 234 g/mol. The summed E-state index contributed by atoms with van der Waals surface area (Å²) in [5.41, 5.74) is 9.59. The van der Waals surface area contributed by atoms with Crippen molar-refractivity contribution in [2.45, 2.75) is 6.92 Å². The van der Waals surface area contributed by atoms with Crippen LogP contribution in [0.15, 0.2) is 36.4 Å². The van der Waals surface area contributed by atoms with Crippen LogP contribution in [0.25, 0.3) is 11.1 Å². The summed E-state index contributed by atoms with van der Waals surface area (Å²) in [7, 11) is 1.65. The summed E-state index contributed by atoms with van der Waals surface area (Å²) in [6.07, 6.45) is 0. The predicted molar refractivity (Wildman–Crippen MR) is 72.6 cm³/mol. The zero-order valence-electron chi connectivity index (χ0n) is 9.83. The Kier molecular flexibility index (Phi) is 3.25. The monoisotopic (exact) mass is 247 g/mol. The lowest BCUT2D eigenvalue weighted by Gasteiger charge is -2.09. The molecule has 0 atom stereocenters. The molecule has 0 unspecified atom stereocenters. The summed E-state index contributed by atoms with van der Waals surface area (Å²) in [6.45, 7) is 1.97. The number of aryl methyl sites for hydroxylation is 1. The van der Waals surface area contributed by atoms with Crippen molar-refractivity contribution < 1.29 is 4.74 Å². The molecule has 0 amide bonds. The Morgan fingerprint density at radius 3 is 2.35 bits per heavy atom. The third-order valence-corrected chi connectivity index (χ3v) is 3.07. The van der Waals surface area contributed by atoms with Crippen molar-refractivity contribution in [1.29, 1.82) is 0 Å². The Bertz CT molecular complexity index is 535. The number of halogens is 1. The van der Waals surface area contributed by atoms with Crippen molar-refractivity contribution in [2.75, 3.05) is 12.8 Å². The highest BCUT2D eigenvalue weighted by Crippen LogP contribution is 2.32. The number of hydrogen-bond acceptors (Lipinski definition) is 2. The van der Waals surface area contributed by atoms with Gasteiger partial charge < -0.3 is 10.5 Å². The lowest BCUT2D eigenvalue weighted by molar-refractivity contribution is 0.415. The van der Waals surface area contributed by atoms with Gasteiger partial charge in [0.05, 0.1) is 12.1 Å². The molecular formula is C14H14ClNO. The van der Waals surface area contributed by atoms with Crippen LogP contribution in [0.5, 0.6) is 5.75 Å². The summed E-state index contributed by atoms with van der Waals surface area (Å²) in [6, 6.07) is 11.6. The van der Waals surface area contributed by atoms with Crippen molar-refractivity contribution in [3.8, 4) is 16.9 Å². The van der Waals surface area contributed by atoms with Crippen LogP contribution in [-0.2, 0) is 0 Å². The first-order chi connectivity index (χ1) is 8.11. The fourth-order valence-electron chi connectivity index (χ4n) is 1.69. The maximum Gasteiger partial charge on any atom is 0.118 e. The van der Waals surface area contributed by atoms with Gasteiger partial charge in [0, 0.05) is 11.3 Å². The van der Waals surface area contributed by atoms with E-state index >= 15 is 0 Å². The highest BCUT2D eigenvalue weighted by atomic mass is 35.5. The minimum atomic E-state index is 0.665. The highest BCUT2D eigenvalue weighted by Gasteiger charge is 2.06. The molecule has 2 aromatic rings. The van der Waals surface area contributed by atoms with Gasteiger partial charge in [-0.25, -0.2) is 0 Å². The van der Waals surface area contributed by atoms with Gasteiger partial charge in [-0.3, -0.25) is 0 Å². The Hall–Kier alpha value is -1.67. The van der Waals surface area contributed by atoms with Crippen molar-refractivity contribution >= 4 is 17.3 Å². The van der Waals surface area contributed by atoms with Crippen molar-refractivity contribution in [1.82, 2.24) is 0 Å². The second-order valence-electron chi connectivity index (χ2n) is 3.92. The Labute approximate surface area is 106 Å². The van der Waals surface area contributed by atoms with E-state index in [9.17, 15) is 0 Å². The van der Waals surface area contributed by atoms with Gasteiger partial charge in [0.25, 0.3) is 0 Å². The quantitative estimate of drug-likeness (QED) is 0.817. The lowest BCUT2D eigenvalue weighted by Crippen LogP contribution is -1.91. The zero-order valence-corrected chi connectivity index (χ0v) is 10.6. The molecule has 0 aliphatic carbocycles. The van der Waals surface area contributed by atoms with E-state index in [-0.39, 0.29) is 0 Å². The number of benzene rings is 2. The van der Waals surface area contributed by atoms with Gasteiger partial charge >= 0.3 is 0 Å². The third kappa shape index (κ3) is 2.37. The zero-order chi connectivity index (χ0) is 12.4. The van der Waals surface area contributed by atoms with E-state index in [2.05, 4.69) is 0 Å². The molecule has 0 aliphatic rings. The number of methoxy groups -OCH3 is 1. The third-order valence-electron chi connectivity index (χ3n) is 2.76. The summed E-state index contributed by atoms with van der Waals surface area (Å²) < 4.78 is 5.13. The molecule has 0 saturated heterocycles. The summed E-state index contributed by atoms with van der Waals surface area (Å²) in [4.78, 5) is 0. The van der Waals surface area contributed by atoms with E-state index in [1.165, 1.54) is 0 Å². The number of hydrogen-bond donors (Lipinski definition) is 1. The van der Waals surface area contributed by atoms with Crippen LogP contribution >= 0.6 is 11.6 Å². The molecule has 0 saturated carbocycles. The maximum atomic E-state index is 6.20. The second kappa shape index (κ2) is 4.68. The van der Waals surface area contributed by atoms with Gasteiger partial charge in [0.15, 0.2) is 0 Å². The number of rotatable bonds is 2. The largest absolute Gasteiger partial charge is 0.497 e. The highest BCUT2D eigenvalue weighted by molar-refractivity contribution is 6.33. The Morgan fingerprint density at radius 2 is 1.76 bits per heavy atom. The van der Waals surface area contributed by atoms with Gasteiger partial charge in [-0.2, -0.15) is 0 Å². The van der Waals surface area contributed by atoms with Crippen molar-refractivity contribution in [3.63, 3.8) is 0 Å². The van der Waals surface area contributed by atoms with Crippen LogP contribution in [-0.4, -0.2) is 7.11 Å². The van der Waals surface area contributed by atoms with E-state index in [1.807, 2.05) is 37.3 Å². The van der Waals surface area contributed by atoms with Crippen LogP contribution in [0.3, 0.4) is 0 Å². The molecule has 0 heterocycles. The molecule has 88 valence electrons. The Morgan fingerprint density at radius 1 is 1.12 bits per heavy atom. The molecule has 0 aliphatic heterocycles. The Balaban J connectivity index is 2.48. The first-order valence-electron chi connectivity index (χ1n) is 5.32. The average Bonchev–Trinajstić information content (AvgIpc) is 2.34. The van der Waals surface area contributed by atoms with Gasteiger partial charge in [-0.15, -0.1) is 0 Å². The summed E-state index contributed by atoms with van der Waals surface area (Å²) >= 11 is 6.20. The maximum absolute atomic E-state index is 6.20. The number of nitrogens with two attached hydrogens (primary N) is 1. The number of nitrogen functional groups attached to an aromatic ring is 1. The molecule has 17 heavy (non-hydrogen) atoms. The van der Waals surface area contributed by atoms with Crippen LogP contribution < -0.4 is 10.5 Å². The van der Waals surface area contributed by atoms with E-state index in [1.54, 1.807) is 13.2 Å². The van der Waals surface area contributed by atoms with Gasteiger partial charge in [-0.1, -0.05) is 23.7 Å². The summed E-state index contributed by atoms with van der Waals surface area (Å²) in [5, 5.41) is 0.665. The molecule has 2 nitrogen and oxygen atoms in total. The first-order valence-corrected chi connectivity index (χ1v) is 5.69. The fraction of sp³-hybridized carbons (Fsp3) is 0.143. The van der Waals surface area contributed by atoms with Crippen LogP contribution in [0, 0.1) is 6.92 Å². The van der Waals surface area contributed by atoms with Gasteiger partial charge in [-0.05, 0) is 42.3 Å². The number of anilines is 1. The fourth-order valence-corrected chi connectivity index (χ4v) is 1.97. The molecule has 0 bridgehead atoms. The average molecular weight is 248 g/mol. The minimum Gasteiger partial charge on any atom is -0.497 e. The van der Waals surface area contributed by atoms with Crippen molar-refractivity contribution in [3.05, 3.63) is 47.0 Å². The molecule has 0 fully saturated rings. The molecule has 0 aromatic heterocycles. The molecule has 2 N–H and O–H groups in total. The van der Waals surface area contributed by atoms with E-state index < -0.39 is 0 Å². The normalized spacial score (nSPS) is 10.3. The standard InChI is InChI=1S/C14H14ClNO/c1-9-7-12(13(15)8-14(9)16)10-3-5-11(17-2)6-4-10/h3-8H,16H2,1-2H3. The molecule has 0 radical (unpaired) electrons. The van der Waals surface area contributed by atoms with Crippen LogP contribution in [0.1, 0.15) is 5.56 Å². The molecule has 2 aromatic carbocycles. The minimum absolute atomic E-state index is 0.665. The smallest absolute Gasteiger partial charge is 0.118 e. The predicted octanol–water partition coefficient (Wildman–Crippen LogP) is 3.91.